The van der Waals surface area contributed by atoms with E-state index in [-0.39, 0.29) is 29.2 Å². The predicted molar refractivity (Wildman–Crippen MR) is 102 cm³/mol. The highest BCUT2D eigenvalue weighted by Gasteiger charge is 2.17. The molecule has 0 aliphatic heterocycles. The van der Waals surface area contributed by atoms with Gasteiger partial charge in [-0.2, -0.15) is 0 Å². The molecule has 1 aromatic heterocycles. The van der Waals surface area contributed by atoms with Crippen molar-refractivity contribution in [3.05, 3.63) is 87.5 Å². The molecule has 0 aliphatic carbocycles. The molecule has 3 rings (SSSR count). The first-order valence-electron chi connectivity index (χ1n) is 8.23. The van der Waals surface area contributed by atoms with Gasteiger partial charge in [0.15, 0.2) is 0 Å². The summed E-state index contributed by atoms with van der Waals surface area (Å²) in [6, 6.07) is 15.3. The highest BCUT2D eigenvalue weighted by Crippen LogP contribution is 2.17. The average Bonchev–Trinajstić information content (AvgIpc) is 2.70. The van der Waals surface area contributed by atoms with Crippen LogP contribution in [-0.2, 0) is 16.6 Å². The van der Waals surface area contributed by atoms with E-state index in [1.807, 2.05) is 30.3 Å². The minimum atomic E-state index is -3.94. The van der Waals surface area contributed by atoms with Gasteiger partial charge in [-0.1, -0.05) is 36.4 Å². The Morgan fingerprint density at radius 1 is 1.07 bits per heavy atom. The monoisotopic (exact) mass is 400 g/mol. The van der Waals surface area contributed by atoms with E-state index in [9.17, 15) is 23.3 Å². The van der Waals surface area contributed by atoms with E-state index >= 15 is 0 Å². The Morgan fingerprint density at radius 3 is 2.50 bits per heavy atom. The van der Waals surface area contributed by atoms with Gasteiger partial charge >= 0.3 is 0 Å². The lowest BCUT2D eigenvalue weighted by atomic mass is 10.1. The van der Waals surface area contributed by atoms with E-state index in [1.165, 1.54) is 35.2 Å². The van der Waals surface area contributed by atoms with Crippen LogP contribution < -0.4 is 10.3 Å². The number of hydrogen-bond acceptors (Lipinski definition) is 6. The predicted octanol–water partition coefficient (Wildman–Crippen LogP) is 1.80. The fraction of sp³-hybridized carbons (Fsp3) is 0.111. The number of non-ortho nitro benzene ring substituents is 1. The van der Waals surface area contributed by atoms with Gasteiger partial charge in [0, 0.05) is 36.9 Å². The number of sulfonamides is 1. The summed E-state index contributed by atoms with van der Waals surface area (Å²) >= 11 is 0. The maximum absolute atomic E-state index is 12.3. The number of rotatable bonds is 7. The maximum atomic E-state index is 12.3. The minimum Gasteiger partial charge on any atom is -0.298 e. The lowest BCUT2D eigenvalue weighted by Gasteiger charge is -2.09. The summed E-state index contributed by atoms with van der Waals surface area (Å²) in [5.74, 6) is 0. The van der Waals surface area contributed by atoms with Crippen molar-refractivity contribution in [2.45, 2.75) is 11.4 Å². The van der Waals surface area contributed by atoms with E-state index in [0.717, 1.165) is 11.6 Å². The molecule has 10 heteroatoms. The molecule has 144 valence electrons. The summed E-state index contributed by atoms with van der Waals surface area (Å²) in [5.41, 5.74) is 0.695. The van der Waals surface area contributed by atoms with Crippen LogP contribution in [0.1, 0.15) is 0 Å². The van der Waals surface area contributed by atoms with E-state index in [4.69, 9.17) is 0 Å². The number of nitro groups is 1. The molecule has 9 nitrogen and oxygen atoms in total. The molecule has 0 amide bonds. The fourth-order valence-electron chi connectivity index (χ4n) is 2.51. The van der Waals surface area contributed by atoms with Crippen LogP contribution in [-0.4, -0.2) is 29.4 Å². The van der Waals surface area contributed by atoms with E-state index in [1.54, 1.807) is 0 Å². The van der Waals surface area contributed by atoms with Crippen LogP contribution in [0.15, 0.2) is 76.7 Å². The van der Waals surface area contributed by atoms with E-state index in [2.05, 4.69) is 9.71 Å². The lowest BCUT2D eigenvalue weighted by molar-refractivity contribution is -0.385. The molecule has 0 saturated heterocycles. The summed E-state index contributed by atoms with van der Waals surface area (Å²) < 4.78 is 28.2. The Balaban J connectivity index is 1.68. The van der Waals surface area contributed by atoms with Crippen LogP contribution in [0.4, 0.5) is 5.69 Å². The zero-order chi connectivity index (χ0) is 20.1. The summed E-state index contributed by atoms with van der Waals surface area (Å²) in [5, 5.41) is 10.8. The second-order valence-corrected chi connectivity index (χ2v) is 7.59. The number of benzene rings is 2. The van der Waals surface area contributed by atoms with Crippen molar-refractivity contribution in [3.63, 3.8) is 0 Å². The van der Waals surface area contributed by atoms with Crippen molar-refractivity contribution in [1.82, 2.24) is 14.3 Å². The second-order valence-electron chi connectivity index (χ2n) is 5.82. The zero-order valence-electron chi connectivity index (χ0n) is 14.6. The number of nitrogens with one attached hydrogen (secondary N) is 1. The largest absolute Gasteiger partial charge is 0.298 e. The van der Waals surface area contributed by atoms with Gasteiger partial charge in [0.2, 0.25) is 10.0 Å². The molecular weight excluding hydrogens is 384 g/mol. The first-order chi connectivity index (χ1) is 13.4. The summed E-state index contributed by atoms with van der Waals surface area (Å²) in [6.07, 6.45) is 1.35. The number of nitrogens with zero attached hydrogens (tertiary/aromatic N) is 3. The van der Waals surface area contributed by atoms with Crippen LogP contribution >= 0.6 is 0 Å². The molecule has 0 aliphatic rings. The molecule has 0 spiro atoms. The molecule has 0 unspecified atom stereocenters. The number of nitro benzene ring substituents is 1. The summed E-state index contributed by atoms with van der Waals surface area (Å²) in [4.78, 5) is 26.4. The molecule has 0 atom stereocenters. The molecule has 3 aromatic rings. The van der Waals surface area contributed by atoms with Crippen LogP contribution in [0.5, 0.6) is 0 Å². The van der Waals surface area contributed by atoms with E-state index in [0.29, 0.717) is 5.69 Å². The maximum Gasteiger partial charge on any atom is 0.270 e. The summed E-state index contributed by atoms with van der Waals surface area (Å²) in [7, 11) is -3.94. The van der Waals surface area contributed by atoms with Gasteiger partial charge in [0.05, 0.1) is 21.8 Å². The number of hydrogen-bond donors (Lipinski definition) is 1. The van der Waals surface area contributed by atoms with E-state index < -0.39 is 14.9 Å². The SMILES string of the molecule is O=c1cc(-c2ccccc2)ncn1CCNS(=O)(=O)c1cccc([N+](=O)[O-])c1. The third-order valence-electron chi connectivity index (χ3n) is 3.93. The highest BCUT2D eigenvalue weighted by atomic mass is 32.2. The van der Waals surface area contributed by atoms with Crippen molar-refractivity contribution in [2.24, 2.45) is 0 Å². The molecule has 1 heterocycles. The average molecular weight is 400 g/mol. The topological polar surface area (TPSA) is 124 Å². The molecule has 1 N–H and O–H groups in total. The van der Waals surface area contributed by atoms with Gasteiger partial charge in [0.25, 0.3) is 11.2 Å². The van der Waals surface area contributed by atoms with Crippen LogP contribution in [0.25, 0.3) is 11.3 Å². The van der Waals surface area contributed by atoms with Crippen molar-refractivity contribution in [1.29, 1.82) is 0 Å². The van der Waals surface area contributed by atoms with Gasteiger partial charge in [-0.3, -0.25) is 19.5 Å². The van der Waals surface area contributed by atoms with Crippen molar-refractivity contribution in [2.75, 3.05) is 6.54 Å². The van der Waals surface area contributed by atoms with Crippen molar-refractivity contribution < 1.29 is 13.3 Å². The van der Waals surface area contributed by atoms with Crippen molar-refractivity contribution in [3.8, 4) is 11.3 Å². The van der Waals surface area contributed by atoms with Crippen LogP contribution in [0.3, 0.4) is 0 Å². The van der Waals surface area contributed by atoms with Gasteiger partial charge in [0.1, 0.15) is 0 Å². The standard InChI is InChI=1S/C18H16N4O5S/c23-18-12-17(14-5-2-1-3-6-14)19-13-21(18)10-9-20-28(26,27)16-8-4-7-15(11-16)22(24)25/h1-8,11-13,20H,9-10H2. The minimum absolute atomic E-state index is 0.0645. The Labute approximate surface area is 160 Å². The lowest BCUT2D eigenvalue weighted by Crippen LogP contribution is -2.31. The fourth-order valence-corrected chi connectivity index (χ4v) is 3.57. The third kappa shape index (κ3) is 4.48. The molecule has 0 saturated carbocycles. The zero-order valence-corrected chi connectivity index (χ0v) is 15.4. The third-order valence-corrected chi connectivity index (χ3v) is 5.39. The Morgan fingerprint density at radius 2 is 1.82 bits per heavy atom. The van der Waals surface area contributed by atoms with Gasteiger partial charge in [-0.15, -0.1) is 0 Å². The van der Waals surface area contributed by atoms with Gasteiger partial charge < -0.3 is 0 Å². The number of aromatic nitrogens is 2. The normalized spacial score (nSPS) is 11.3. The van der Waals surface area contributed by atoms with Gasteiger partial charge in [-0.25, -0.2) is 18.1 Å². The molecule has 2 aromatic carbocycles. The van der Waals surface area contributed by atoms with Crippen LogP contribution in [0, 0.1) is 10.1 Å². The smallest absolute Gasteiger partial charge is 0.270 e. The Hall–Kier alpha value is -3.37. The first-order valence-corrected chi connectivity index (χ1v) is 9.71. The quantitative estimate of drug-likeness (QED) is 0.476. The molecule has 28 heavy (non-hydrogen) atoms. The molecule has 0 radical (unpaired) electrons. The second kappa shape index (κ2) is 8.11. The van der Waals surface area contributed by atoms with Crippen LogP contribution in [0.2, 0.25) is 0 Å². The van der Waals surface area contributed by atoms with Gasteiger partial charge in [-0.05, 0) is 6.07 Å². The molecular formula is C18H16N4O5S. The Bertz CT molecular complexity index is 1160. The first kappa shape index (κ1) is 19.4. The molecule has 0 bridgehead atoms. The van der Waals surface area contributed by atoms with Crippen molar-refractivity contribution >= 4 is 15.7 Å². The Kier molecular flexibility index (Phi) is 5.62. The molecule has 0 fully saturated rings. The summed E-state index contributed by atoms with van der Waals surface area (Å²) in [6.45, 7) is -0.00758. The highest BCUT2D eigenvalue weighted by molar-refractivity contribution is 7.89.